The summed E-state index contributed by atoms with van der Waals surface area (Å²) in [4.78, 5) is 23.4. The Kier molecular flexibility index (Phi) is 5.22. The van der Waals surface area contributed by atoms with Gasteiger partial charge in [-0.15, -0.1) is 0 Å². The molecule has 2 atom stereocenters. The quantitative estimate of drug-likeness (QED) is 0.693. The van der Waals surface area contributed by atoms with Crippen LogP contribution in [-0.4, -0.2) is 39.1 Å². The molecule has 0 radical (unpaired) electrons. The summed E-state index contributed by atoms with van der Waals surface area (Å²) in [6.07, 6.45) is 7.76. The fourth-order valence-corrected chi connectivity index (χ4v) is 4.71. The number of hydrogen-bond donors (Lipinski definition) is 3. The molecule has 2 heterocycles. The zero-order chi connectivity index (χ0) is 17.9. The van der Waals surface area contributed by atoms with Gasteiger partial charge in [0.25, 0.3) is 0 Å². The summed E-state index contributed by atoms with van der Waals surface area (Å²) in [6, 6.07) is 8.00. The van der Waals surface area contributed by atoms with Crippen molar-refractivity contribution in [2.24, 2.45) is 11.8 Å². The Balaban J connectivity index is 1.52. The second-order valence-corrected chi connectivity index (χ2v) is 7.77. The van der Waals surface area contributed by atoms with E-state index >= 15 is 0 Å². The molecule has 6 heteroatoms. The van der Waals surface area contributed by atoms with Crippen molar-refractivity contribution >= 4 is 16.9 Å². The van der Waals surface area contributed by atoms with Crippen molar-refractivity contribution in [2.75, 3.05) is 13.1 Å². The lowest BCUT2D eigenvalue weighted by molar-refractivity contribution is -0.137. The fraction of sp³-hybridized carbons (Fsp3) is 0.600. The Morgan fingerprint density at radius 1 is 1.27 bits per heavy atom. The molecular weight excluding hydrogens is 328 g/mol. The number of imidazole rings is 1. The SMILES string of the molecule is O=C([C@@H](CNO)CC1CCCC1)N1CCC[C@H]1c1nc2ccccc2[nH]1. The van der Waals surface area contributed by atoms with Crippen molar-refractivity contribution in [3.05, 3.63) is 30.1 Å². The van der Waals surface area contributed by atoms with Crippen LogP contribution in [0.15, 0.2) is 24.3 Å². The predicted molar refractivity (Wildman–Crippen MR) is 99.6 cm³/mol. The molecule has 0 bridgehead atoms. The molecule has 2 fully saturated rings. The van der Waals surface area contributed by atoms with Crippen LogP contribution in [0.3, 0.4) is 0 Å². The Bertz CT molecular complexity index is 720. The highest BCUT2D eigenvalue weighted by atomic mass is 16.5. The number of nitrogens with zero attached hydrogens (tertiary/aromatic N) is 2. The molecule has 1 aromatic heterocycles. The number of fused-ring (bicyclic) bond motifs is 1. The van der Waals surface area contributed by atoms with E-state index in [0.29, 0.717) is 12.5 Å². The van der Waals surface area contributed by atoms with Crippen LogP contribution in [0.4, 0.5) is 0 Å². The number of likely N-dealkylation sites (tertiary alicyclic amines) is 1. The van der Waals surface area contributed by atoms with E-state index in [1.165, 1.54) is 25.7 Å². The van der Waals surface area contributed by atoms with Crippen LogP contribution in [0, 0.1) is 11.8 Å². The van der Waals surface area contributed by atoms with E-state index < -0.39 is 0 Å². The first kappa shape index (κ1) is 17.5. The molecule has 1 saturated carbocycles. The van der Waals surface area contributed by atoms with E-state index in [9.17, 15) is 10.0 Å². The number of amides is 1. The average molecular weight is 356 g/mol. The van der Waals surface area contributed by atoms with E-state index in [4.69, 9.17) is 4.98 Å². The Labute approximate surface area is 153 Å². The predicted octanol–water partition coefficient (Wildman–Crippen LogP) is 3.40. The fourth-order valence-electron chi connectivity index (χ4n) is 4.71. The lowest BCUT2D eigenvalue weighted by Crippen LogP contribution is -2.40. The monoisotopic (exact) mass is 356 g/mol. The minimum absolute atomic E-state index is 0.0136. The maximum absolute atomic E-state index is 13.3. The van der Waals surface area contributed by atoms with Crippen LogP contribution in [0.2, 0.25) is 0 Å². The molecule has 2 aliphatic rings. The number of carbonyl (C=O) groups is 1. The molecule has 1 saturated heterocycles. The Hall–Kier alpha value is -1.92. The number of rotatable bonds is 6. The van der Waals surface area contributed by atoms with Crippen LogP contribution in [0.1, 0.15) is 56.8 Å². The average Bonchev–Trinajstić information content (AvgIpc) is 3.39. The summed E-state index contributed by atoms with van der Waals surface area (Å²) in [6.45, 7) is 1.10. The molecule has 1 aliphatic heterocycles. The Morgan fingerprint density at radius 2 is 2.08 bits per heavy atom. The van der Waals surface area contributed by atoms with Gasteiger partial charge in [0.05, 0.1) is 23.0 Å². The third kappa shape index (κ3) is 3.48. The molecule has 0 spiro atoms. The van der Waals surface area contributed by atoms with Gasteiger partial charge in [0.2, 0.25) is 5.91 Å². The second-order valence-electron chi connectivity index (χ2n) is 7.77. The molecule has 1 aliphatic carbocycles. The van der Waals surface area contributed by atoms with Crippen LogP contribution in [0.25, 0.3) is 11.0 Å². The van der Waals surface area contributed by atoms with E-state index in [1.54, 1.807) is 0 Å². The van der Waals surface area contributed by atoms with Gasteiger partial charge in [-0.25, -0.2) is 10.5 Å². The molecule has 4 rings (SSSR count). The number of carbonyl (C=O) groups excluding carboxylic acids is 1. The van der Waals surface area contributed by atoms with E-state index in [1.807, 2.05) is 29.2 Å². The lowest BCUT2D eigenvalue weighted by Gasteiger charge is -2.29. The third-order valence-electron chi connectivity index (χ3n) is 6.04. The zero-order valence-corrected chi connectivity index (χ0v) is 15.2. The van der Waals surface area contributed by atoms with E-state index in [-0.39, 0.29) is 17.9 Å². The minimum atomic E-state index is -0.159. The second kappa shape index (κ2) is 7.76. The smallest absolute Gasteiger partial charge is 0.227 e. The maximum atomic E-state index is 13.3. The van der Waals surface area contributed by atoms with Gasteiger partial charge in [0.1, 0.15) is 5.82 Å². The van der Waals surface area contributed by atoms with Gasteiger partial charge >= 0.3 is 0 Å². The molecule has 0 unspecified atom stereocenters. The van der Waals surface area contributed by atoms with Crippen LogP contribution in [-0.2, 0) is 4.79 Å². The first-order chi connectivity index (χ1) is 12.8. The van der Waals surface area contributed by atoms with Crippen molar-refractivity contribution < 1.29 is 10.0 Å². The highest BCUT2D eigenvalue weighted by molar-refractivity contribution is 5.80. The van der Waals surface area contributed by atoms with Gasteiger partial charge in [-0.2, -0.15) is 0 Å². The van der Waals surface area contributed by atoms with Gasteiger partial charge in [0, 0.05) is 13.1 Å². The molecular formula is C20H28N4O2. The molecule has 1 amide bonds. The topological polar surface area (TPSA) is 81.2 Å². The summed E-state index contributed by atoms with van der Waals surface area (Å²) in [7, 11) is 0. The minimum Gasteiger partial charge on any atom is -0.340 e. The highest BCUT2D eigenvalue weighted by Crippen LogP contribution is 2.35. The van der Waals surface area contributed by atoms with Crippen molar-refractivity contribution in [3.8, 4) is 0 Å². The first-order valence-corrected chi connectivity index (χ1v) is 9.88. The first-order valence-electron chi connectivity index (χ1n) is 9.88. The molecule has 26 heavy (non-hydrogen) atoms. The number of aromatic nitrogens is 2. The van der Waals surface area contributed by atoms with Gasteiger partial charge in [-0.05, 0) is 37.3 Å². The largest absolute Gasteiger partial charge is 0.340 e. The number of nitrogens with one attached hydrogen (secondary N) is 2. The van der Waals surface area contributed by atoms with Crippen molar-refractivity contribution in [2.45, 2.75) is 51.0 Å². The van der Waals surface area contributed by atoms with Crippen molar-refractivity contribution in [1.29, 1.82) is 0 Å². The number of H-pyrrole nitrogens is 1. The molecule has 1 aromatic carbocycles. The van der Waals surface area contributed by atoms with Crippen molar-refractivity contribution in [1.82, 2.24) is 20.3 Å². The summed E-state index contributed by atoms with van der Waals surface area (Å²) in [5, 5.41) is 9.24. The van der Waals surface area contributed by atoms with Crippen LogP contribution >= 0.6 is 0 Å². The van der Waals surface area contributed by atoms with Gasteiger partial charge in [0.15, 0.2) is 0 Å². The van der Waals surface area contributed by atoms with Crippen LogP contribution < -0.4 is 5.48 Å². The van der Waals surface area contributed by atoms with Gasteiger partial charge in [-0.3, -0.25) is 4.79 Å². The van der Waals surface area contributed by atoms with E-state index in [0.717, 1.165) is 42.7 Å². The summed E-state index contributed by atoms with van der Waals surface area (Å²) >= 11 is 0. The summed E-state index contributed by atoms with van der Waals surface area (Å²) in [5.74, 6) is 1.49. The summed E-state index contributed by atoms with van der Waals surface area (Å²) < 4.78 is 0. The van der Waals surface area contributed by atoms with Crippen LogP contribution in [0.5, 0.6) is 0 Å². The van der Waals surface area contributed by atoms with Gasteiger partial charge in [-0.1, -0.05) is 37.8 Å². The standard InChI is InChI=1S/C20H28N4O2/c25-20(15(13-21-26)12-14-6-1-2-7-14)24-11-5-10-18(24)19-22-16-8-3-4-9-17(16)23-19/h3-4,8-9,14-15,18,21,26H,1-2,5-7,10-13H2,(H,22,23)/t15-,18+/m1/s1. The number of hydroxylamine groups is 1. The van der Waals surface area contributed by atoms with E-state index in [2.05, 4.69) is 10.5 Å². The number of hydrogen-bond acceptors (Lipinski definition) is 4. The third-order valence-corrected chi connectivity index (χ3v) is 6.04. The zero-order valence-electron chi connectivity index (χ0n) is 15.2. The molecule has 2 aromatic rings. The normalized spacial score (nSPS) is 22.3. The maximum Gasteiger partial charge on any atom is 0.227 e. The highest BCUT2D eigenvalue weighted by Gasteiger charge is 2.36. The summed E-state index contributed by atoms with van der Waals surface area (Å²) in [5.41, 5.74) is 4.21. The lowest BCUT2D eigenvalue weighted by atomic mass is 9.92. The number of para-hydroxylation sites is 2. The number of aromatic amines is 1. The Morgan fingerprint density at radius 3 is 2.85 bits per heavy atom. The van der Waals surface area contributed by atoms with Gasteiger partial charge < -0.3 is 15.1 Å². The molecule has 3 N–H and O–H groups in total. The molecule has 6 nitrogen and oxygen atoms in total. The number of benzene rings is 1. The molecule has 140 valence electrons. The van der Waals surface area contributed by atoms with Crippen molar-refractivity contribution in [3.63, 3.8) is 0 Å².